The van der Waals surface area contributed by atoms with Gasteiger partial charge in [-0.15, -0.1) is 5.10 Å². The second kappa shape index (κ2) is 4.57. The molecule has 0 saturated carbocycles. The molecule has 0 aliphatic rings. The van der Waals surface area contributed by atoms with Crippen molar-refractivity contribution in [1.29, 1.82) is 0 Å². The first-order valence-corrected chi connectivity index (χ1v) is 5.91. The number of fused-ring (bicyclic) bond motifs is 1. The lowest BCUT2D eigenvalue weighted by molar-refractivity contribution is 0.112. The topological polar surface area (TPSA) is 44.1 Å². The van der Waals surface area contributed by atoms with E-state index < -0.39 is 0 Å². The Morgan fingerprint density at radius 3 is 2.53 bits per heavy atom. The molecule has 4 nitrogen and oxygen atoms in total. The van der Waals surface area contributed by atoms with E-state index in [9.17, 15) is 4.79 Å². The van der Waals surface area contributed by atoms with Gasteiger partial charge in [0.1, 0.15) is 24.6 Å². The molecule has 3 aromatic rings. The van der Waals surface area contributed by atoms with Gasteiger partial charge >= 0.3 is 0 Å². The average molecular weight is 252 g/mol. The first kappa shape index (κ1) is 11.5. The summed E-state index contributed by atoms with van der Waals surface area (Å²) < 4.78 is 0. The predicted molar refractivity (Wildman–Crippen MR) is 73.1 cm³/mol. The van der Waals surface area contributed by atoms with Crippen molar-refractivity contribution in [2.24, 2.45) is 0 Å². The minimum Gasteiger partial charge on any atom is -0.399 e. The third kappa shape index (κ3) is 1.87. The summed E-state index contributed by atoms with van der Waals surface area (Å²) in [4.78, 5) is 17.4. The van der Waals surface area contributed by atoms with E-state index in [1.54, 1.807) is 19.2 Å². The highest BCUT2D eigenvalue weighted by Gasteiger charge is 2.11. The zero-order valence-electron chi connectivity index (χ0n) is 10.4. The molecule has 0 bridgehead atoms. The van der Waals surface area contributed by atoms with Crippen molar-refractivity contribution in [1.82, 2.24) is 9.94 Å². The monoisotopic (exact) mass is 252 g/mol. The fraction of sp³-hybridized carbons (Fsp3) is 0.0667. The third-order valence-electron chi connectivity index (χ3n) is 3.05. The highest BCUT2D eigenvalue weighted by molar-refractivity contribution is 5.93. The molecule has 0 N–H and O–H groups in total. The molecule has 0 spiro atoms. The summed E-state index contributed by atoms with van der Waals surface area (Å²) in [5, 5.41) is 5.46. The summed E-state index contributed by atoms with van der Waals surface area (Å²) in [7, 11) is 1.58. The number of hydrogen-bond acceptors (Lipinski definition) is 3. The fourth-order valence-corrected chi connectivity index (χ4v) is 2.11. The van der Waals surface area contributed by atoms with Crippen molar-refractivity contribution >= 4 is 17.2 Å². The molecule has 4 heteroatoms. The quantitative estimate of drug-likeness (QED) is 0.673. The van der Waals surface area contributed by atoms with Gasteiger partial charge in [0.15, 0.2) is 0 Å². The number of rotatable bonds is 3. The van der Waals surface area contributed by atoms with Crippen LogP contribution in [0.4, 0.5) is 0 Å². The zero-order chi connectivity index (χ0) is 13.2. The van der Waals surface area contributed by atoms with Crippen molar-refractivity contribution in [3.8, 4) is 11.3 Å². The Bertz CT molecular complexity index is 729. The SMILES string of the molecule is COn1nc(-c2ccc(C=O)cc2)c2ccccc21. The lowest BCUT2D eigenvalue weighted by Crippen LogP contribution is -2.06. The van der Waals surface area contributed by atoms with Crippen LogP contribution in [0.5, 0.6) is 0 Å². The maximum atomic E-state index is 10.7. The van der Waals surface area contributed by atoms with E-state index in [-0.39, 0.29) is 0 Å². The van der Waals surface area contributed by atoms with Gasteiger partial charge in [-0.25, -0.2) is 0 Å². The lowest BCUT2D eigenvalue weighted by atomic mass is 10.1. The van der Waals surface area contributed by atoms with E-state index in [0.717, 1.165) is 28.4 Å². The van der Waals surface area contributed by atoms with Crippen LogP contribution >= 0.6 is 0 Å². The van der Waals surface area contributed by atoms with Crippen molar-refractivity contribution in [3.05, 3.63) is 54.1 Å². The average Bonchev–Trinajstić information content (AvgIpc) is 2.86. The maximum absolute atomic E-state index is 10.7. The van der Waals surface area contributed by atoms with Crippen LogP contribution in [0.3, 0.4) is 0 Å². The normalized spacial score (nSPS) is 10.6. The molecule has 1 heterocycles. The molecule has 19 heavy (non-hydrogen) atoms. The number of benzene rings is 2. The summed E-state index contributed by atoms with van der Waals surface area (Å²) in [5.74, 6) is 0. The van der Waals surface area contributed by atoms with E-state index in [0.29, 0.717) is 5.56 Å². The molecule has 0 amide bonds. The van der Waals surface area contributed by atoms with E-state index in [1.165, 1.54) is 4.85 Å². The van der Waals surface area contributed by atoms with E-state index in [4.69, 9.17) is 4.84 Å². The van der Waals surface area contributed by atoms with Crippen LogP contribution in [0.15, 0.2) is 48.5 Å². The second-order valence-corrected chi connectivity index (χ2v) is 4.16. The van der Waals surface area contributed by atoms with Gasteiger partial charge in [-0.05, 0) is 6.07 Å². The summed E-state index contributed by atoms with van der Waals surface area (Å²) in [6.07, 6.45) is 0.829. The van der Waals surface area contributed by atoms with Crippen molar-refractivity contribution in [2.45, 2.75) is 0 Å². The number of aromatic nitrogens is 2. The molecule has 0 unspecified atom stereocenters. The van der Waals surface area contributed by atoms with Gasteiger partial charge < -0.3 is 4.84 Å². The predicted octanol–water partition coefficient (Wildman–Crippen LogP) is 2.57. The van der Waals surface area contributed by atoms with E-state index in [2.05, 4.69) is 5.10 Å². The molecule has 0 saturated heterocycles. The summed E-state index contributed by atoms with van der Waals surface area (Å²) >= 11 is 0. The highest BCUT2D eigenvalue weighted by atomic mass is 16.7. The molecule has 0 fully saturated rings. The van der Waals surface area contributed by atoms with Crippen LogP contribution in [0.1, 0.15) is 10.4 Å². The Kier molecular flexibility index (Phi) is 2.76. The van der Waals surface area contributed by atoms with Gasteiger partial charge in [0.05, 0.1) is 0 Å². The zero-order valence-corrected chi connectivity index (χ0v) is 10.4. The number of hydrogen-bond donors (Lipinski definition) is 0. The van der Waals surface area contributed by atoms with Crippen molar-refractivity contribution < 1.29 is 9.63 Å². The largest absolute Gasteiger partial charge is 0.399 e. The standard InChI is InChI=1S/C15H12N2O2/c1-19-17-14-5-3-2-4-13(14)15(16-17)12-8-6-11(10-18)7-9-12/h2-10H,1H3. The Morgan fingerprint density at radius 1 is 1.11 bits per heavy atom. The Hall–Kier alpha value is -2.62. The van der Waals surface area contributed by atoms with Crippen LogP contribution in [0, 0.1) is 0 Å². The van der Waals surface area contributed by atoms with Crippen LogP contribution in [0.25, 0.3) is 22.2 Å². The molecule has 0 atom stereocenters. The lowest BCUT2D eigenvalue weighted by Gasteiger charge is -1.98. The summed E-state index contributed by atoms with van der Waals surface area (Å²) in [5.41, 5.74) is 3.37. The molecular formula is C15H12N2O2. The molecule has 0 aliphatic heterocycles. The van der Waals surface area contributed by atoms with E-state index >= 15 is 0 Å². The molecule has 0 radical (unpaired) electrons. The van der Waals surface area contributed by atoms with Gasteiger partial charge in [0.25, 0.3) is 0 Å². The summed E-state index contributed by atoms with van der Waals surface area (Å²) in [6, 6.07) is 15.2. The Labute approximate surface area is 110 Å². The number of aldehydes is 1. The maximum Gasteiger partial charge on any atom is 0.150 e. The number of nitrogens with zero attached hydrogens (tertiary/aromatic N) is 2. The second-order valence-electron chi connectivity index (χ2n) is 4.16. The van der Waals surface area contributed by atoms with Crippen LogP contribution in [-0.2, 0) is 0 Å². The van der Waals surface area contributed by atoms with Gasteiger partial charge in [0, 0.05) is 16.5 Å². The fourth-order valence-electron chi connectivity index (χ4n) is 2.11. The van der Waals surface area contributed by atoms with Gasteiger partial charge in [0.2, 0.25) is 0 Å². The first-order chi connectivity index (χ1) is 9.33. The Morgan fingerprint density at radius 2 is 1.84 bits per heavy atom. The Balaban J connectivity index is 2.21. The summed E-state index contributed by atoms with van der Waals surface area (Å²) in [6.45, 7) is 0. The van der Waals surface area contributed by atoms with Crippen molar-refractivity contribution in [3.63, 3.8) is 0 Å². The molecule has 3 rings (SSSR count). The third-order valence-corrected chi connectivity index (χ3v) is 3.05. The molecule has 1 aromatic heterocycles. The van der Waals surface area contributed by atoms with Gasteiger partial charge in [-0.1, -0.05) is 47.3 Å². The minimum absolute atomic E-state index is 0.652. The van der Waals surface area contributed by atoms with Crippen LogP contribution in [0.2, 0.25) is 0 Å². The van der Waals surface area contributed by atoms with Crippen molar-refractivity contribution in [2.75, 3.05) is 7.11 Å². The molecular weight excluding hydrogens is 240 g/mol. The smallest absolute Gasteiger partial charge is 0.150 e. The number of carbonyl (C=O) groups excluding carboxylic acids is 1. The number of para-hydroxylation sites is 1. The molecule has 0 aliphatic carbocycles. The van der Waals surface area contributed by atoms with Crippen LogP contribution < -0.4 is 4.84 Å². The van der Waals surface area contributed by atoms with E-state index in [1.807, 2.05) is 36.4 Å². The van der Waals surface area contributed by atoms with Gasteiger partial charge in [-0.2, -0.15) is 0 Å². The highest BCUT2D eigenvalue weighted by Crippen LogP contribution is 2.27. The minimum atomic E-state index is 0.652. The number of carbonyl (C=O) groups is 1. The van der Waals surface area contributed by atoms with Crippen LogP contribution in [-0.4, -0.2) is 23.3 Å². The van der Waals surface area contributed by atoms with Gasteiger partial charge in [-0.3, -0.25) is 4.79 Å². The molecule has 94 valence electrons. The first-order valence-electron chi connectivity index (χ1n) is 5.91. The molecule has 2 aromatic carbocycles.